The molecular weight excluding hydrogens is 219 g/mol. The SMILES string of the molecule is [B][C@@H]1O[C@]2(OC(C)C)C(OC(C)C)[C@@H]1O[C@H]2C. The Kier molecular flexibility index (Phi) is 3.56. The summed E-state index contributed by atoms with van der Waals surface area (Å²) in [6.07, 6.45) is -0.553. The van der Waals surface area contributed by atoms with Crippen LogP contribution in [0, 0.1) is 0 Å². The molecule has 2 heterocycles. The number of hydrogen-bond donors (Lipinski definition) is 0. The molecule has 0 N–H and O–H groups in total. The number of rotatable bonds is 4. The lowest BCUT2D eigenvalue weighted by Gasteiger charge is -2.37. The lowest BCUT2D eigenvalue weighted by molar-refractivity contribution is -0.307. The van der Waals surface area contributed by atoms with Crippen LogP contribution in [0.15, 0.2) is 0 Å². The zero-order valence-electron chi connectivity index (χ0n) is 11.2. The molecule has 5 heteroatoms. The van der Waals surface area contributed by atoms with E-state index < -0.39 is 11.8 Å². The predicted octanol–water partition coefficient (Wildman–Crippen LogP) is 1.21. The molecule has 0 aromatic heterocycles. The van der Waals surface area contributed by atoms with Crippen LogP contribution in [0.4, 0.5) is 0 Å². The number of ether oxygens (including phenoxy) is 4. The summed E-state index contributed by atoms with van der Waals surface area (Å²) in [5.74, 6) is -0.859. The molecule has 2 fully saturated rings. The quantitative estimate of drug-likeness (QED) is 0.692. The van der Waals surface area contributed by atoms with Gasteiger partial charge in [-0.15, -0.1) is 0 Å². The van der Waals surface area contributed by atoms with E-state index in [0.717, 1.165) is 0 Å². The maximum Gasteiger partial charge on any atom is 0.224 e. The predicted molar refractivity (Wildman–Crippen MR) is 63.9 cm³/mol. The molecule has 5 atom stereocenters. The standard InChI is InChI=1S/C12H21BO4/c1-6(2)14-10-9-11(13)17-12(10,8(5)15-9)16-7(3)4/h6-11H,1-5H3/t8-,9-,10?,11+,12-/m0/s1. The summed E-state index contributed by atoms with van der Waals surface area (Å²) in [5.41, 5.74) is 0. The molecule has 0 spiro atoms. The van der Waals surface area contributed by atoms with Crippen molar-refractivity contribution in [2.75, 3.05) is 0 Å². The Bertz CT molecular complexity index is 284. The third-order valence-electron chi connectivity index (χ3n) is 3.11. The Balaban J connectivity index is 2.23. The summed E-state index contributed by atoms with van der Waals surface area (Å²) in [6, 6.07) is -0.478. The normalized spacial score (nSPS) is 45.1. The summed E-state index contributed by atoms with van der Waals surface area (Å²) in [7, 11) is 5.90. The van der Waals surface area contributed by atoms with Crippen LogP contribution in [-0.4, -0.2) is 50.2 Å². The van der Waals surface area contributed by atoms with Gasteiger partial charge in [0.05, 0.1) is 12.2 Å². The van der Waals surface area contributed by atoms with Gasteiger partial charge in [-0.3, -0.25) is 0 Å². The molecule has 1 unspecified atom stereocenters. The fraction of sp³-hybridized carbons (Fsp3) is 1.00. The van der Waals surface area contributed by atoms with Crippen molar-refractivity contribution < 1.29 is 18.9 Å². The topological polar surface area (TPSA) is 36.9 Å². The van der Waals surface area contributed by atoms with Crippen molar-refractivity contribution in [2.24, 2.45) is 0 Å². The molecule has 2 radical (unpaired) electrons. The molecule has 2 aliphatic heterocycles. The molecule has 0 aromatic rings. The Labute approximate surface area is 104 Å². The fourth-order valence-electron chi connectivity index (χ4n) is 2.58. The Morgan fingerprint density at radius 1 is 1.18 bits per heavy atom. The molecule has 4 nitrogen and oxygen atoms in total. The van der Waals surface area contributed by atoms with Gasteiger partial charge in [0.1, 0.15) is 26.2 Å². The Morgan fingerprint density at radius 2 is 1.82 bits per heavy atom. The highest BCUT2D eigenvalue weighted by atomic mass is 16.8. The van der Waals surface area contributed by atoms with Crippen LogP contribution in [-0.2, 0) is 18.9 Å². The molecule has 0 saturated carbocycles. The van der Waals surface area contributed by atoms with Gasteiger partial charge in [-0.2, -0.15) is 0 Å². The second-order valence-electron chi connectivity index (χ2n) is 5.32. The number of fused-ring (bicyclic) bond motifs is 2. The van der Waals surface area contributed by atoms with Crippen LogP contribution in [0.25, 0.3) is 0 Å². The zero-order chi connectivity index (χ0) is 12.8. The molecular formula is C12H21BO4. The average molecular weight is 240 g/mol. The second-order valence-corrected chi connectivity index (χ2v) is 5.32. The highest BCUT2D eigenvalue weighted by Crippen LogP contribution is 2.46. The van der Waals surface area contributed by atoms with Gasteiger partial charge in [0.15, 0.2) is 0 Å². The van der Waals surface area contributed by atoms with E-state index in [9.17, 15) is 0 Å². The highest BCUT2D eigenvalue weighted by Gasteiger charge is 2.66. The van der Waals surface area contributed by atoms with Crippen molar-refractivity contribution in [1.29, 1.82) is 0 Å². The van der Waals surface area contributed by atoms with Crippen molar-refractivity contribution in [2.45, 2.75) is 76.9 Å². The van der Waals surface area contributed by atoms with Gasteiger partial charge >= 0.3 is 0 Å². The van der Waals surface area contributed by atoms with E-state index in [0.29, 0.717) is 0 Å². The Morgan fingerprint density at radius 3 is 2.35 bits per heavy atom. The molecule has 2 bridgehead atoms. The van der Waals surface area contributed by atoms with Crippen LogP contribution in [0.1, 0.15) is 34.6 Å². The first kappa shape index (κ1) is 13.3. The molecule has 2 aliphatic rings. The zero-order valence-corrected chi connectivity index (χ0v) is 11.2. The van der Waals surface area contributed by atoms with Crippen LogP contribution in [0.3, 0.4) is 0 Å². The largest absolute Gasteiger partial charge is 0.367 e. The van der Waals surface area contributed by atoms with E-state index in [2.05, 4.69) is 0 Å². The smallest absolute Gasteiger partial charge is 0.224 e. The van der Waals surface area contributed by atoms with E-state index in [1.165, 1.54) is 0 Å². The minimum atomic E-state index is -0.859. The van der Waals surface area contributed by atoms with Gasteiger partial charge < -0.3 is 18.9 Å². The van der Waals surface area contributed by atoms with E-state index in [1.54, 1.807) is 0 Å². The van der Waals surface area contributed by atoms with Crippen LogP contribution in [0.5, 0.6) is 0 Å². The van der Waals surface area contributed by atoms with Gasteiger partial charge in [0, 0.05) is 6.00 Å². The summed E-state index contributed by atoms with van der Waals surface area (Å²) in [4.78, 5) is 0. The molecule has 2 saturated heterocycles. The van der Waals surface area contributed by atoms with Gasteiger partial charge in [0.2, 0.25) is 5.79 Å². The van der Waals surface area contributed by atoms with Crippen LogP contribution < -0.4 is 0 Å². The van der Waals surface area contributed by atoms with Crippen molar-refractivity contribution in [3.63, 3.8) is 0 Å². The lowest BCUT2D eigenvalue weighted by atomic mass is 9.93. The molecule has 17 heavy (non-hydrogen) atoms. The lowest BCUT2D eigenvalue weighted by Crippen LogP contribution is -2.51. The molecule has 2 rings (SSSR count). The summed E-state index contributed by atoms with van der Waals surface area (Å²) in [6.45, 7) is 9.84. The molecule has 0 aromatic carbocycles. The third-order valence-corrected chi connectivity index (χ3v) is 3.11. The maximum absolute atomic E-state index is 5.93. The fourth-order valence-corrected chi connectivity index (χ4v) is 2.58. The van der Waals surface area contributed by atoms with Crippen molar-refractivity contribution in [1.82, 2.24) is 0 Å². The first-order chi connectivity index (χ1) is 7.86. The monoisotopic (exact) mass is 240 g/mol. The van der Waals surface area contributed by atoms with Gasteiger partial charge in [-0.05, 0) is 34.6 Å². The summed E-state index contributed by atoms with van der Waals surface area (Å²) in [5, 5.41) is 0. The van der Waals surface area contributed by atoms with Crippen molar-refractivity contribution in [3.05, 3.63) is 0 Å². The first-order valence-corrected chi connectivity index (χ1v) is 6.29. The highest BCUT2D eigenvalue weighted by molar-refractivity contribution is 6.11. The van der Waals surface area contributed by atoms with Crippen LogP contribution >= 0.6 is 0 Å². The number of hydrogen-bond acceptors (Lipinski definition) is 4. The van der Waals surface area contributed by atoms with Crippen LogP contribution in [0.2, 0.25) is 0 Å². The van der Waals surface area contributed by atoms with Crippen molar-refractivity contribution in [3.8, 4) is 0 Å². The maximum atomic E-state index is 5.93. The van der Waals surface area contributed by atoms with E-state index >= 15 is 0 Å². The summed E-state index contributed by atoms with van der Waals surface area (Å²) >= 11 is 0. The van der Waals surface area contributed by atoms with Gasteiger partial charge in [-0.1, -0.05) is 0 Å². The first-order valence-electron chi connectivity index (χ1n) is 6.29. The molecule has 0 aliphatic carbocycles. The van der Waals surface area contributed by atoms with Crippen molar-refractivity contribution >= 4 is 7.85 Å². The third kappa shape index (κ3) is 2.14. The minimum absolute atomic E-state index is 0.0309. The second kappa shape index (κ2) is 4.54. The Hall–Kier alpha value is -0.0951. The minimum Gasteiger partial charge on any atom is -0.367 e. The van der Waals surface area contributed by atoms with E-state index in [1.807, 2.05) is 34.6 Å². The van der Waals surface area contributed by atoms with E-state index in [4.69, 9.17) is 26.8 Å². The van der Waals surface area contributed by atoms with Gasteiger partial charge in [-0.25, -0.2) is 0 Å². The molecule has 0 amide bonds. The summed E-state index contributed by atoms with van der Waals surface area (Å²) < 4.78 is 23.4. The average Bonchev–Trinajstić information content (AvgIpc) is 2.53. The molecule has 96 valence electrons. The van der Waals surface area contributed by atoms with E-state index in [-0.39, 0.29) is 30.5 Å². The van der Waals surface area contributed by atoms with Gasteiger partial charge in [0.25, 0.3) is 0 Å².